The lowest BCUT2D eigenvalue weighted by atomic mass is 9.94. The first-order chi connectivity index (χ1) is 10.0. The van der Waals surface area contributed by atoms with E-state index in [4.69, 9.17) is 9.84 Å². The van der Waals surface area contributed by atoms with E-state index in [1.165, 1.54) is 5.56 Å². The molecule has 21 heavy (non-hydrogen) atoms. The Hall–Kier alpha value is -1.65. The van der Waals surface area contributed by atoms with E-state index in [-0.39, 0.29) is 5.60 Å². The summed E-state index contributed by atoms with van der Waals surface area (Å²) in [7, 11) is 1.78. The molecular weight excluding hydrogens is 266 g/mol. The Labute approximate surface area is 126 Å². The highest BCUT2D eigenvalue weighted by Gasteiger charge is 2.30. The van der Waals surface area contributed by atoms with Gasteiger partial charge in [-0.05, 0) is 43.5 Å². The van der Waals surface area contributed by atoms with E-state index in [0.717, 1.165) is 44.1 Å². The van der Waals surface area contributed by atoms with Gasteiger partial charge >= 0.3 is 5.97 Å². The van der Waals surface area contributed by atoms with Crippen LogP contribution in [0.5, 0.6) is 0 Å². The summed E-state index contributed by atoms with van der Waals surface area (Å²) in [5.41, 5.74) is 2.10. The van der Waals surface area contributed by atoms with Crippen molar-refractivity contribution in [2.24, 2.45) is 0 Å². The number of piperidine rings is 1. The van der Waals surface area contributed by atoms with Crippen molar-refractivity contribution in [3.63, 3.8) is 0 Å². The fourth-order valence-electron chi connectivity index (χ4n) is 2.77. The number of carbonyl (C=O) groups is 1. The summed E-state index contributed by atoms with van der Waals surface area (Å²) >= 11 is 0. The molecule has 2 rings (SSSR count). The highest BCUT2D eigenvalue weighted by Crippen LogP contribution is 2.25. The maximum atomic E-state index is 10.5. The van der Waals surface area contributed by atoms with Crippen LogP contribution in [0.25, 0.3) is 6.08 Å². The number of hydrogen-bond acceptors (Lipinski definition) is 3. The van der Waals surface area contributed by atoms with Gasteiger partial charge in [0.2, 0.25) is 0 Å². The smallest absolute Gasteiger partial charge is 0.328 e. The lowest BCUT2D eigenvalue weighted by Gasteiger charge is -2.39. The number of rotatable bonds is 5. The molecule has 0 aliphatic carbocycles. The van der Waals surface area contributed by atoms with Gasteiger partial charge in [-0.15, -0.1) is 0 Å². The molecule has 1 aromatic carbocycles. The van der Waals surface area contributed by atoms with Crippen molar-refractivity contribution < 1.29 is 14.6 Å². The normalized spacial score (nSPS) is 23.5. The number of nitrogens with zero attached hydrogens (tertiary/aromatic N) is 1. The Balaban J connectivity index is 1.95. The van der Waals surface area contributed by atoms with Gasteiger partial charge in [-0.2, -0.15) is 0 Å². The van der Waals surface area contributed by atoms with Gasteiger partial charge in [0.05, 0.1) is 5.60 Å². The third kappa shape index (κ3) is 4.69. The monoisotopic (exact) mass is 289 g/mol. The molecule has 1 N–H and O–H groups in total. The van der Waals surface area contributed by atoms with Gasteiger partial charge in [0.25, 0.3) is 0 Å². The fraction of sp³-hybridized carbons (Fsp3) is 0.471. The Bertz CT molecular complexity index is 509. The number of methoxy groups -OCH3 is 1. The Morgan fingerprint density at radius 2 is 2.14 bits per heavy atom. The van der Waals surface area contributed by atoms with Crippen LogP contribution in [0.2, 0.25) is 0 Å². The first-order valence-corrected chi connectivity index (χ1v) is 7.28. The molecule has 1 saturated heterocycles. The lowest BCUT2D eigenvalue weighted by Crippen LogP contribution is -2.46. The van der Waals surface area contributed by atoms with Crippen LogP contribution in [0, 0.1) is 0 Å². The zero-order valence-electron chi connectivity index (χ0n) is 12.7. The standard InChI is InChI=1S/C17H23NO3/c1-17(21-2)10-3-11-18(13-17)12-15-6-4-14(5-7-15)8-9-16(19)20/h4-9H,3,10-13H2,1-2H3,(H,19,20)/b9-8+. The van der Waals surface area contributed by atoms with Crippen molar-refractivity contribution in [1.29, 1.82) is 0 Å². The molecule has 0 radical (unpaired) electrons. The van der Waals surface area contributed by atoms with Gasteiger partial charge < -0.3 is 9.84 Å². The van der Waals surface area contributed by atoms with Gasteiger partial charge in [0, 0.05) is 26.3 Å². The highest BCUT2D eigenvalue weighted by molar-refractivity contribution is 5.85. The zero-order valence-corrected chi connectivity index (χ0v) is 12.7. The Morgan fingerprint density at radius 1 is 1.43 bits per heavy atom. The van der Waals surface area contributed by atoms with Crippen LogP contribution in [0.15, 0.2) is 30.3 Å². The van der Waals surface area contributed by atoms with E-state index in [1.54, 1.807) is 13.2 Å². The molecule has 0 bridgehead atoms. The zero-order chi connectivity index (χ0) is 15.3. The van der Waals surface area contributed by atoms with E-state index in [1.807, 2.05) is 12.1 Å². The molecule has 1 atom stereocenters. The van der Waals surface area contributed by atoms with Crippen LogP contribution in [0.1, 0.15) is 30.9 Å². The predicted octanol–water partition coefficient (Wildman–Crippen LogP) is 2.79. The van der Waals surface area contributed by atoms with Crippen LogP contribution in [-0.4, -0.2) is 41.8 Å². The minimum absolute atomic E-state index is 0.0393. The largest absolute Gasteiger partial charge is 0.478 e. The summed E-state index contributed by atoms with van der Waals surface area (Å²) in [6.07, 6.45) is 5.03. The van der Waals surface area contributed by atoms with Crippen LogP contribution < -0.4 is 0 Å². The molecule has 0 amide bonds. The minimum Gasteiger partial charge on any atom is -0.478 e. The van der Waals surface area contributed by atoms with E-state index < -0.39 is 5.97 Å². The SMILES string of the molecule is COC1(C)CCCN(Cc2ccc(/C=C/C(=O)O)cc2)C1. The minimum atomic E-state index is -0.925. The molecule has 4 heteroatoms. The van der Waals surface area contributed by atoms with E-state index in [9.17, 15) is 4.79 Å². The average Bonchev–Trinajstić information content (AvgIpc) is 2.47. The van der Waals surface area contributed by atoms with Gasteiger partial charge in [-0.25, -0.2) is 4.79 Å². The van der Waals surface area contributed by atoms with Crippen LogP contribution >= 0.6 is 0 Å². The van der Waals surface area contributed by atoms with E-state index in [0.29, 0.717) is 0 Å². The molecule has 1 heterocycles. The number of aliphatic carboxylic acids is 1. The molecule has 0 aromatic heterocycles. The first-order valence-electron chi connectivity index (χ1n) is 7.28. The quantitative estimate of drug-likeness (QED) is 0.847. The third-order valence-corrected chi connectivity index (χ3v) is 4.04. The average molecular weight is 289 g/mol. The second kappa shape index (κ2) is 6.87. The van der Waals surface area contributed by atoms with E-state index in [2.05, 4.69) is 24.0 Å². The van der Waals surface area contributed by atoms with Crippen LogP contribution in [-0.2, 0) is 16.1 Å². The van der Waals surface area contributed by atoms with Crippen molar-refractivity contribution in [1.82, 2.24) is 4.90 Å². The number of ether oxygens (including phenoxy) is 1. The Kier molecular flexibility index (Phi) is 5.15. The highest BCUT2D eigenvalue weighted by atomic mass is 16.5. The molecule has 1 unspecified atom stereocenters. The summed E-state index contributed by atoms with van der Waals surface area (Å²) in [6.45, 7) is 5.12. The molecule has 4 nitrogen and oxygen atoms in total. The maximum absolute atomic E-state index is 10.5. The summed E-state index contributed by atoms with van der Waals surface area (Å²) in [5, 5.41) is 8.61. The molecule has 1 fully saturated rings. The molecular formula is C17H23NO3. The molecule has 0 spiro atoms. The first kappa shape index (κ1) is 15.7. The van der Waals surface area contributed by atoms with Crippen molar-refractivity contribution in [2.75, 3.05) is 20.2 Å². The number of hydrogen-bond donors (Lipinski definition) is 1. The molecule has 1 aliphatic rings. The molecule has 1 aromatic rings. The second-order valence-electron chi connectivity index (χ2n) is 5.88. The van der Waals surface area contributed by atoms with Crippen molar-refractivity contribution in [2.45, 2.75) is 31.9 Å². The summed E-state index contributed by atoms with van der Waals surface area (Å²) < 4.78 is 5.61. The number of carboxylic acids is 1. The van der Waals surface area contributed by atoms with Crippen molar-refractivity contribution in [3.8, 4) is 0 Å². The number of likely N-dealkylation sites (tertiary alicyclic amines) is 1. The maximum Gasteiger partial charge on any atom is 0.328 e. The summed E-state index contributed by atoms with van der Waals surface area (Å²) in [6, 6.07) is 8.02. The van der Waals surface area contributed by atoms with E-state index >= 15 is 0 Å². The summed E-state index contributed by atoms with van der Waals surface area (Å²) in [5.74, 6) is -0.925. The summed E-state index contributed by atoms with van der Waals surface area (Å²) in [4.78, 5) is 12.9. The molecule has 114 valence electrons. The van der Waals surface area contributed by atoms with Crippen molar-refractivity contribution in [3.05, 3.63) is 41.5 Å². The number of benzene rings is 1. The van der Waals surface area contributed by atoms with Crippen LogP contribution in [0.4, 0.5) is 0 Å². The van der Waals surface area contributed by atoms with Gasteiger partial charge in [0.15, 0.2) is 0 Å². The van der Waals surface area contributed by atoms with Gasteiger partial charge in [-0.1, -0.05) is 24.3 Å². The van der Waals surface area contributed by atoms with Crippen molar-refractivity contribution >= 4 is 12.0 Å². The lowest BCUT2D eigenvalue weighted by molar-refractivity contribution is -0.131. The third-order valence-electron chi connectivity index (χ3n) is 4.04. The topological polar surface area (TPSA) is 49.8 Å². The fourth-order valence-corrected chi connectivity index (χ4v) is 2.77. The molecule has 1 aliphatic heterocycles. The van der Waals surface area contributed by atoms with Gasteiger partial charge in [0.1, 0.15) is 0 Å². The van der Waals surface area contributed by atoms with Gasteiger partial charge in [-0.3, -0.25) is 4.90 Å². The predicted molar refractivity (Wildman–Crippen MR) is 83.0 cm³/mol. The Morgan fingerprint density at radius 3 is 2.76 bits per heavy atom. The number of carboxylic acid groups (broad SMARTS) is 1. The second-order valence-corrected chi connectivity index (χ2v) is 5.88. The van der Waals surface area contributed by atoms with Crippen LogP contribution in [0.3, 0.4) is 0 Å². The molecule has 0 saturated carbocycles.